The van der Waals surface area contributed by atoms with Crippen molar-refractivity contribution in [3.05, 3.63) is 5.69 Å². The maximum Gasteiger partial charge on any atom is 0.282 e. The summed E-state index contributed by atoms with van der Waals surface area (Å²) in [5.74, 6) is 0. The summed E-state index contributed by atoms with van der Waals surface area (Å²) in [6, 6.07) is 0. The molecule has 0 aliphatic heterocycles. The third kappa shape index (κ3) is 1.69. The quantitative estimate of drug-likeness (QED) is 0.594. The van der Waals surface area contributed by atoms with Gasteiger partial charge in [0, 0.05) is 17.7 Å². The molecule has 0 saturated heterocycles. The van der Waals surface area contributed by atoms with E-state index < -0.39 is 9.05 Å². The third-order valence-electron chi connectivity index (χ3n) is 1.07. The summed E-state index contributed by atoms with van der Waals surface area (Å²) in [5.41, 5.74) is 0.308. The lowest BCUT2D eigenvalue weighted by Crippen LogP contribution is -1.95. The van der Waals surface area contributed by atoms with Gasteiger partial charge in [0.05, 0.1) is 0 Å². The number of hydrogen-bond donors (Lipinski definition) is 0. The highest BCUT2D eigenvalue weighted by atomic mass is 35.7. The van der Waals surface area contributed by atoms with Crippen molar-refractivity contribution in [3.63, 3.8) is 0 Å². The zero-order valence-electron chi connectivity index (χ0n) is 5.94. The molecule has 11 heavy (non-hydrogen) atoms. The molecule has 0 N–H and O–H groups in total. The summed E-state index contributed by atoms with van der Waals surface area (Å²) in [6.07, 6.45) is 0. The first kappa shape index (κ1) is 8.48. The lowest BCUT2D eigenvalue weighted by molar-refractivity contribution is 0.596. The fourth-order valence-corrected chi connectivity index (χ4v) is 1.75. The molecule has 0 aromatic carbocycles. The SMILES string of the molecule is Cc1nn(C)nc1S(=O)(=O)Cl. The highest BCUT2D eigenvalue weighted by Crippen LogP contribution is 2.13. The van der Waals surface area contributed by atoms with E-state index in [-0.39, 0.29) is 5.03 Å². The summed E-state index contributed by atoms with van der Waals surface area (Å²) in [4.78, 5) is 1.16. The summed E-state index contributed by atoms with van der Waals surface area (Å²) >= 11 is 0. The molecule has 0 bridgehead atoms. The van der Waals surface area contributed by atoms with Crippen LogP contribution in [0.15, 0.2) is 5.03 Å². The van der Waals surface area contributed by atoms with Crippen LogP contribution in [0.1, 0.15) is 5.69 Å². The second-order valence-corrected chi connectivity index (χ2v) is 4.50. The molecule has 5 nitrogen and oxygen atoms in total. The Balaban J connectivity index is 3.36. The second kappa shape index (κ2) is 2.46. The molecule has 1 heterocycles. The van der Waals surface area contributed by atoms with Crippen molar-refractivity contribution in [2.45, 2.75) is 11.9 Å². The first-order valence-electron chi connectivity index (χ1n) is 2.74. The molecule has 0 spiro atoms. The average molecular weight is 196 g/mol. The molecular formula is C4H6ClN3O2S. The van der Waals surface area contributed by atoms with Crippen LogP contribution in [0.25, 0.3) is 0 Å². The lowest BCUT2D eigenvalue weighted by atomic mass is 10.6. The Morgan fingerprint density at radius 2 is 2.00 bits per heavy atom. The van der Waals surface area contributed by atoms with Gasteiger partial charge in [0.25, 0.3) is 9.05 Å². The number of halogens is 1. The Hall–Kier alpha value is -0.620. The Morgan fingerprint density at radius 3 is 2.18 bits per heavy atom. The van der Waals surface area contributed by atoms with Gasteiger partial charge in [-0.15, -0.1) is 5.10 Å². The fraction of sp³-hybridized carbons (Fsp3) is 0.500. The predicted molar refractivity (Wildman–Crippen MR) is 38.8 cm³/mol. The molecule has 0 atom stereocenters. The Morgan fingerprint density at radius 1 is 1.45 bits per heavy atom. The number of rotatable bonds is 1. The highest BCUT2D eigenvalue weighted by molar-refractivity contribution is 8.13. The summed E-state index contributed by atoms with van der Waals surface area (Å²) in [7, 11) is 2.83. The molecule has 0 unspecified atom stereocenters. The van der Waals surface area contributed by atoms with Gasteiger partial charge in [-0.25, -0.2) is 8.42 Å². The van der Waals surface area contributed by atoms with E-state index >= 15 is 0 Å². The van der Waals surface area contributed by atoms with E-state index in [1.165, 1.54) is 14.0 Å². The Bertz CT molecular complexity index is 369. The smallest absolute Gasteiger partial charge is 0.205 e. The molecule has 1 aromatic rings. The van der Waals surface area contributed by atoms with Crippen LogP contribution in [0.5, 0.6) is 0 Å². The Kier molecular flexibility index (Phi) is 1.89. The van der Waals surface area contributed by atoms with Crippen molar-refractivity contribution in [1.29, 1.82) is 0 Å². The normalized spacial score (nSPS) is 11.9. The summed E-state index contributed by atoms with van der Waals surface area (Å²) in [6.45, 7) is 1.53. The first-order valence-corrected chi connectivity index (χ1v) is 5.05. The molecule has 1 rings (SSSR count). The van der Waals surface area contributed by atoms with Gasteiger partial charge in [0.1, 0.15) is 5.69 Å². The summed E-state index contributed by atoms with van der Waals surface area (Å²) in [5, 5.41) is 7.11. The molecule has 0 fully saturated rings. The number of hydrogen-bond acceptors (Lipinski definition) is 4. The van der Waals surface area contributed by atoms with Crippen LogP contribution in [0.3, 0.4) is 0 Å². The standard InChI is InChI=1S/C4H6ClN3O2S/c1-3-4(11(5,9)10)7-8(2)6-3/h1-2H3. The zero-order valence-corrected chi connectivity index (χ0v) is 7.52. The van der Waals surface area contributed by atoms with Crippen LogP contribution >= 0.6 is 10.7 Å². The van der Waals surface area contributed by atoms with Crippen molar-refractivity contribution < 1.29 is 8.42 Å². The molecule has 0 saturated carbocycles. The largest absolute Gasteiger partial charge is 0.282 e. The molecule has 7 heteroatoms. The number of aryl methyl sites for hydroxylation is 2. The average Bonchev–Trinajstić information content (AvgIpc) is 2.08. The van der Waals surface area contributed by atoms with Crippen molar-refractivity contribution in [1.82, 2.24) is 15.0 Å². The van der Waals surface area contributed by atoms with Gasteiger partial charge in [-0.1, -0.05) is 0 Å². The molecule has 0 radical (unpaired) electrons. The monoisotopic (exact) mass is 195 g/mol. The lowest BCUT2D eigenvalue weighted by Gasteiger charge is -1.85. The van der Waals surface area contributed by atoms with Gasteiger partial charge >= 0.3 is 0 Å². The van der Waals surface area contributed by atoms with Crippen molar-refractivity contribution in [2.75, 3.05) is 0 Å². The van der Waals surface area contributed by atoms with Crippen molar-refractivity contribution in [3.8, 4) is 0 Å². The number of nitrogens with zero attached hydrogens (tertiary/aromatic N) is 3. The van der Waals surface area contributed by atoms with E-state index in [0.717, 1.165) is 4.80 Å². The number of aromatic nitrogens is 3. The van der Waals surface area contributed by atoms with E-state index in [9.17, 15) is 8.42 Å². The van der Waals surface area contributed by atoms with Gasteiger partial charge in [0.2, 0.25) is 5.03 Å². The molecule has 62 valence electrons. The van der Waals surface area contributed by atoms with Gasteiger partial charge in [-0.05, 0) is 6.92 Å². The maximum atomic E-state index is 10.7. The van der Waals surface area contributed by atoms with E-state index in [1.807, 2.05) is 0 Å². The van der Waals surface area contributed by atoms with E-state index in [1.54, 1.807) is 0 Å². The van der Waals surface area contributed by atoms with Crippen LogP contribution in [-0.2, 0) is 16.1 Å². The van der Waals surface area contributed by atoms with E-state index in [2.05, 4.69) is 10.2 Å². The zero-order chi connectivity index (χ0) is 8.65. The van der Waals surface area contributed by atoms with Crippen molar-refractivity contribution in [2.24, 2.45) is 7.05 Å². The minimum atomic E-state index is -3.73. The van der Waals surface area contributed by atoms with E-state index in [4.69, 9.17) is 10.7 Å². The molecule has 1 aromatic heterocycles. The highest BCUT2D eigenvalue weighted by Gasteiger charge is 2.18. The third-order valence-corrected chi connectivity index (χ3v) is 2.35. The van der Waals surface area contributed by atoms with Crippen LogP contribution in [-0.4, -0.2) is 23.4 Å². The van der Waals surface area contributed by atoms with Crippen LogP contribution in [0.2, 0.25) is 0 Å². The molecule has 0 aliphatic carbocycles. The van der Waals surface area contributed by atoms with Gasteiger partial charge < -0.3 is 0 Å². The van der Waals surface area contributed by atoms with Crippen LogP contribution in [0, 0.1) is 6.92 Å². The second-order valence-electron chi connectivity index (χ2n) is 2.02. The molecule has 0 aliphatic rings. The van der Waals surface area contributed by atoms with Crippen LogP contribution < -0.4 is 0 Å². The minimum absolute atomic E-state index is 0.179. The summed E-state index contributed by atoms with van der Waals surface area (Å²) < 4.78 is 21.4. The topological polar surface area (TPSA) is 64.8 Å². The molecular weight excluding hydrogens is 190 g/mol. The van der Waals surface area contributed by atoms with Gasteiger partial charge in [0.15, 0.2) is 0 Å². The maximum absolute atomic E-state index is 10.7. The minimum Gasteiger partial charge on any atom is -0.205 e. The first-order chi connectivity index (χ1) is 4.91. The van der Waals surface area contributed by atoms with Crippen molar-refractivity contribution >= 4 is 19.7 Å². The van der Waals surface area contributed by atoms with Gasteiger partial charge in [-0.2, -0.15) is 9.90 Å². The molecule has 0 amide bonds. The fourth-order valence-electron chi connectivity index (χ4n) is 0.711. The van der Waals surface area contributed by atoms with Crippen LogP contribution in [0.4, 0.5) is 0 Å². The predicted octanol–water partition coefficient (Wildman–Crippen LogP) is 0.0510. The van der Waals surface area contributed by atoms with Gasteiger partial charge in [-0.3, -0.25) is 0 Å². The Labute approximate surface area is 68.4 Å². The van der Waals surface area contributed by atoms with E-state index in [0.29, 0.717) is 5.69 Å².